The average Bonchev–Trinajstić information content (AvgIpc) is 3.59. The van der Waals surface area contributed by atoms with Gasteiger partial charge in [0.2, 0.25) is 0 Å². The van der Waals surface area contributed by atoms with Gasteiger partial charge in [-0.15, -0.1) is 22.1 Å². The molecule has 8 nitrogen and oxygen atoms in total. The first-order chi connectivity index (χ1) is 20.0. The SMILES string of the molecule is CCC1=C(C)c2cc3[n-]c(cc4nc(cc5[n-]c(cc1n2)c(C)c5CCC(=O)O)C(CCC(=O)O)=C4C)c(C)c3CC.[Rh+2]. The van der Waals surface area contributed by atoms with E-state index < -0.39 is 11.9 Å². The van der Waals surface area contributed by atoms with Crippen LogP contribution in [0.25, 0.3) is 44.4 Å². The molecule has 2 N–H and O–H groups in total. The minimum Gasteiger partial charge on any atom is -0.657 e. The Labute approximate surface area is 264 Å². The molecular weight excluding hydrogens is 631 g/mol. The number of carboxylic acids is 2. The molecule has 0 spiro atoms. The third-order valence-electron chi connectivity index (χ3n) is 8.53. The first kappa shape index (κ1) is 32.1. The molecular formula is C34H36N4O4Rh. The maximum Gasteiger partial charge on any atom is 2.00 e. The minimum absolute atomic E-state index is 0. The molecule has 2 aliphatic rings. The Hall–Kier alpha value is -3.84. The summed E-state index contributed by atoms with van der Waals surface area (Å²) >= 11 is 0. The number of aromatic nitrogens is 4. The summed E-state index contributed by atoms with van der Waals surface area (Å²) < 4.78 is 0. The van der Waals surface area contributed by atoms with E-state index in [1.54, 1.807) is 0 Å². The number of hydrogen-bond donors (Lipinski definition) is 2. The summed E-state index contributed by atoms with van der Waals surface area (Å²) in [6.07, 6.45) is 2.23. The molecule has 8 bridgehead atoms. The van der Waals surface area contributed by atoms with Gasteiger partial charge in [0.25, 0.3) is 0 Å². The molecule has 5 heterocycles. The van der Waals surface area contributed by atoms with Gasteiger partial charge in [-0.1, -0.05) is 60.4 Å². The second-order valence-electron chi connectivity index (χ2n) is 11.0. The van der Waals surface area contributed by atoms with E-state index in [0.29, 0.717) is 24.1 Å². The topological polar surface area (TPSA) is 129 Å². The number of rotatable bonds is 8. The maximum absolute atomic E-state index is 11.5. The molecule has 0 saturated carbocycles. The fourth-order valence-corrected chi connectivity index (χ4v) is 6.06. The van der Waals surface area contributed by atoms with Crippen molar-refractivity contribution in [2.75, 3.05) is 0 Å². The van der Waals surface area contributed by atoms with Crippen molar-refractivity contribution < 1.29 is 39.3 Å². The summed E-state index contributed by atoms with van der Waals surface area (Å²) in [7, 11) is 0. The van der Waals surface area contributed by atoms with Crippen molar-refractivity contribution in [2.24, 2.45) is 0 Å². The molecule has 0 unspecified atom stereocenters. The van der Waals surface area contributed by atoms with Crippen LogP contribution in [0.5, 0.6) is 0 Å². The van der Waals surface area contributed by atoms with Gasteiger partial charge in [-0.05, 0) is 75.7 Å². The molecule has 43 heavy (non-hydrogen) atoms. The number of fused-ring (bicyclic) bond motifs is 8. The van der Waals surface area contributed by atoms with Crippen molar-refractivity contribution >= 4 is 56.3 Å². The molecule has 0 aliphatic carbocycles. The predicted octanol–water partition coefficient (Wildman–Crippen LogP) is 6.90. The fourth-order valence-electron chi connectivity index (χ4n) is 6.06. The third kappa shape index (κ3) is 6.14. The largest absolute Gasteiger partial charge is 2.00 e. The Morgan fingerprint density at radius 2 is 1.07 bits per heavy atom. The van der Waals surface area contributed by atoms with E-state index in [9.17, 15) is 19.8 Å². The summed E-state index contributed by atoms with van der Waals surface area (Å²) in [5, 5.41) is 18.9. The maximum atomic E-state index is 11.5. The molecule has 0 amide bonds. The molecule has 0 fully saturated rings. The van der Waals surface area contributed by atoms with Crippen LogP contribution in [0.15, 0.2) is 24.3 Å². The van der Waals surface area contributed by atoms with E-state index in [1.807, 2.05) is 32.0 Å². The van der Waals surface area contributed by atoms with Gasteiger partial charge in [-0.3, -0.25) is 9.59 Å². The number of nitrogens with zero attached hydrogens (tertiary/aromatic N) is 4. The second-order valence-corrected chi connectivity index (χ2v) is 11.0. The van der Waals surface area contributed by atoms with E-state index >= 15 is 0 Å². The molecule has 2 aliphatic heterocycles. The van der Waals surface area contributed by atoms with Gasteiger partial charge >= 0.3 is 31.4 Å². The van der Waals surface area contributed by atoms with Crippen molar-refractivity contribution in [2.45, 2.75) is 80.1 Å². The number of aliphatic carboxylic acids is 2. The molecule has 0 atom stereocenters. The van der Waals surface area contributed by atoms with Crippen molar-refractivity contribution in [3.8, 4) is 0 Å². The van der Waals surface area contributed by atoms with Crippen LogP contribution >= 0.6 is 0 Å². The number of carbonyl (C=O) groups is 2. The Bertz CT molecular complexity index is 1860. The second kappa shape index (κ2) is 12.8. The van der Waals surface area contributed by atoms with Gasteiger partial charge in [0, 0.05) is 12.8 Å². The van der Waals surface area contributed by atoms with Crippen LogP contribution in [0.4, 0.5) is 0 Å². The summed E-state index contributed by atoms with van der Waals surface area (Å²) in [4.78, 5) is 43.1. The first-order valence-electron chi connectivity index (χ1n) is 14.5. The van der Waals surface area contributed by atoms with Gasteiger partial charge in [0.15, 0.2) is 0 Å². The van der Waals surface area contributed by atoms with Crippen molar-refractivity contribution in [3.05, 3.63) is 69.3 Å². The van der Waals surface area contributed by atoms with Gasteiger partial charge in [0.05, 0.1) is 22.8 Å². The molecule has 3 aromatic rings. The van der Waals surface area contributed by atoms with Crippen LogP contribution in [0, 0.1) is 13.8 Å². The van der Waals surface area contributed by atoms with Gasteiger partial charge in [0.1, 0.15) is 0 Å². The standard InChI is InChI=1S/C34H38N4O4.Rh/c1-7-21-17(3)25-13-26-19(5)23(9-11-33(39)40)31(37-26)16-32-24(10-12-34(41)42)20(6)28(38-32)15-30-22(8-2)18(4)27(36-30)14-29(21)35-25;/h13-16H,7-12H2,1-6H3,(H4,35,36,37,38,39,40,41,42);/q;+2/p-2. The Morgan fingerprint density at radius 1 is 0.628 bits per heavy atom. The summed E-state index contributed by atoms with van der Waals surface area (Å²) in [6.45, 7) is 12.3. The zero-order chi connectivity index (χ0) is 30.3. The monoisotopic (exact) mass is 667 g/mol. The Kier molecular flexibility index (Phi) is 9.55. The number of carboxylic acid groups (broad SMARTS) is 2. The summed E-state index contributed by atoms with van der Waals surface area (Å²) in [5.74, 6) is -1.76. The van der Waals surface area contributed by atoms with Crippen LogP contribution in [0.3, 0.4) is 0 Å². The first-order valence-corrected chi connectivity index (χ1v) is 14.5. The Balaban J connectivity index is 0.00000423. The molecule has 0 saturated heterocycles. The van der Waals surface area contributed by atoms with Crippen LogP contribution in [-0.4, -0.2) is 32.1 Å². The summed E-state index contributed by atoms with van der Waals surface area (Å²) in [5.41, 5.74) is 14.3. The number of allylic oxidation sites excluding steroid dienone is 4. The van der Waals surface area contributed by atoms with Crippen molar-refractivity contribution in [3.63, 3.8) is 0 Å². The van der Waals surface area contributed by atoms with Gasteiger partial charge < -0.3 is 20.2 Å². The van der Waals surface area contributed by atoms with Crippen LogP contribution in [-0.2, 0) is 41.9 Å². The van der Waals surface area contributed by atoms with E-state index in [0.717, 1.165) is 85.5 Å². The molecule has 9 heteroatoms. The van der Waals surface area contributed by atoms with Crippen molar-refractivity contribution in [1.29, 1.82) is 0 Å². The fraction of sp³-hybridized carbons (Fsp3) is 0.353. The normalized spacial score (nSPS) is 13.0. The number of hydrogen-bond acceptors (Lipinski definition) is 4. The minimum atomic E-state index is -0.878. The van der Waals surface area contributed by atoms with Crippen molar-refractivity contribution in [1.82, 2.24) is 19.9 Å². The van der Waals surface area contributed by atoms with E-state index in [-0.39, 0.29) is 32.3 Å². The molecule has 1 radical (unpaired) electrons. The molecule has 3 aromatic heterocycles. The van der Waals surface area contributed by atoms with Gasteiger partial charge in [-0.2, -0.15) is 0 Å². The zero-order valence-electron chi connectivity index (χ0n) is 25.4. The molecule has 225 valence electrons. The number of aryl methyl sites for hydroxylation is 4. The Morgan fingerprint density at radius 3 is 1.63 bits per heavy atom. The average molecular weight is 668 g/mol. The summed E-state index contributed by atoms with van der Waals surface area (Å²) in [6, 6.07) is 7.93. The smallest absolute Gasteiger partial charge is 0.657 e. The quantitative estimate of drug-likeness (QED) is 0.248. The van der Waals surface area contributed by atoms with E-state index in [1.165, 1.54) is 5.56 Å². The molecule has 0 aromatic carbocycles. The van der Waals surface area contributed by atoms with E-state index in [2.05, 4.69) is 33.8 Å². The van der Waals surface area contributed by atoms with E-state index in [4.69, 9.17) is 19.9 Å². The van der Waals surface area contributed by atoms with Crippen LogP contribution in [0.2, 0.25) is 0 Å². The predicted molar refractivity (Wildman–Crippen MR) is 166 cm³/mol. The third-order valence-corrected chi connectivity index (χ3v) is 8.53. The van der Waals surface area contributed by atoms with Crippen LogP contribution in [0.1, 0.15) is 98.4 Å². The zero-order valence-corrected chi connectivity index (χ0v) is 27.0. The van der Waals surface area contributed by atoms with Gasteiger partial charge in [-0.25, -0.2) is 9.97 Å². The van der Waals surface area contributed by atoms with Crippen LogP contribution < -0.4 is 9.97 Å². The molecule has 5 rings (SSSR count).